The topological polar surface area (TPSA) is 73.3 Å². The quantitative estimate of drug-likeness (QED) is 0.555. The van der Waals surface area contributed by atoms with E-state index < -0.39 is 0 Å². The second kappa shape index (κ2) is 5.62. The Kier molecular flexibility index (Phi) is 3.25. The van der Waals surface area contributed by atoms with E-state index in [1.807, 2.05) is 43.3 Å². The van der Waals surface area contributed by atoms with Crippen molar-refractivity contribution in [3.63, 3.8) is 0 Å². The van der Waals surface area contributed by atoms with Crippen LogP contribution in [0.4, 0.5) is 0 Å². The molecule has 6 nitrogen and oxygen atoms in total. The smallest absolute Gasteiger partial charge is 0.252 e. The van der Waals surface area contributed by atoms with Gasteiger partial charge in [-0.05, 0) is 19.1 Å². The highest BCUT2D eigenvalue weighted by molar-refractivity contribution is 5.98. The molecule has 4 aromatic rings. The maximum absolute atomic E-state index is 12.6. The number of hydrogen-bond donors (Lipinski definition) is 0. The number of aromatic nitrogens is 4. The standard InChI is InChI=1S/C20H16N4O2/c1-12-4-6-13(7-5-12)19-22-20-21-16-9-14(18-3-2-8-26-18)10-17(25)15(16)11-24(20)23-19/h2-8,11,14H,9-10H2,1H3/t14-/m0/s1. The van der Waals surface area contributed by atoms with Crippen LogP contribution in [0.3, 0.4) is 0 Å². The van der Waals surface area contributed by atoms with Gasteiger partial charge in [-0.25, -0.2) is 9.50 Å². The van der Waals surface area contributed by atoms with Gasteiger partial charge in [-0.15, -0.1) is 5.10 Å². The molecule has 0 unspecified atom stereocenters. The Morgan fingerprint density at radius 1 is 1.12 bits per heavy atom. The Hall–Kier alpha value is -3.28. The van der Waals surface area contributed by atoms with Gasteiger partial charge in [0.05, 0.1) is 17.5 Å². The fraction of sp³-hybridized carbons (Fsp3) is 0.200. The second-order valence-electron chi connectivity index (χ2n) is 6.69. The Morgan fingerprint density at radius 2 is 1.96 bits per heavy atom. The average Bonchev–Trinajstić information content (AvgIpc) is 3.30. The molecule has 128 valence electrons. The summed E-state index contributed by atoms with van der Waals surface area (Å²) in [5, 5.41) is 4.50. The van der Waals surface area contributed by atoms with Crippen molar-refractivity contribution in [3.05, 3.63) is 71.4 Å². The normalized spacial score (nSPS) is 16.8. The van der Waals surface area contributed by atoms with Gasteiger partial charge in [0.15, 0.2) is 11.6 Å². The molecule has 0 saturated heterocycles. The van der Waals surface area contributed by atoms with Crippen LogP contribution in [0, 0.1) is 6.92 Å². The Balaban J connectivity index is 1.57. The molecule has 1 aliphatic rings. The van der Waals surface area contributed by atoms with E-state index >= 15 is 0 Å². The number of fused-ring (bicyclic) bond motifs is 2. The van der Waals surface area contributed by atoms with E-state index in [9.17, 15) is 4.79 Å². The number of hydrogen-bond acceptors (Lipinski definition) is 5. The van der Waals surface area contributed by atoms with E-state index in [-0.39, 0.29) is 11.7 Å². The van der Waals surface area contributed by atoms with Crippen LogP contribution in [0.1, 0.15) is 39.7 Å². The van der Waals surface area contributed by atoms with Crippen LogP contribution < -0.4 is 0 Å². The van der Waals surface area contributed by atoms with Gasteiger partial charge in [0.2, 0.25) is 0 Å². The molecule has 3 aromatic heterocycles. The summed E-state index contributed by atoms with van der Waals surface area (Å²) in [4.78, 5) is 21.8. The predicted octanol–water partition coefficient (Wildman–Crippen LogP) is 3.61. The van der Waals surface area contributed by atoms with E-state index in [1.165, 1.54) is 5.56 Å². The van der Waals surface area contributed by atoms with Crippen molar-refractivity contribution < 1.29 is 9.21 Å². The molecule has 1 atom stereocenters. The lowest BCUT2D eigenvalue weighted by Gasteiger charge is -2.20. The van der Waals surface area contributed by atoms with Gasteiger partial charge in [-0.2, -0.15) is 4.98 Å². The fourth-order valence-electron chi connectivity index (χ4n) is 3.43. The molecule has 0 aliphatic heterocycles. The number of aryl methyl sites for hydroxylation is 1. The highest BCUT2D eigenvalue weighted by Gasteiger charge is 2.30. The van der Waals surface area contributed by atoms with Gasteiger partial charge in [-0.1, -0.05) is 29.8 Å². The number of carbonyl (C=O) groups excluding carboxylic acids is 1. The largest absolute Gasteiger partial charge is 0.469 e. The molecule has 0 fully saturated rings. The van der Waals surface area contributed by atoms with E-state index in [0.29, 0.717) is 30.0 Å². The molecule has 5 rings (SSSR count). The van der Waals surface area contributed by atoms with Crippen LogP contribution in [0.2, 0.25) is 0 Å². The number of carbonyl (C=O) groups is 1. The number of ketones is 1. The number of furan rings is 1. The van der Waals surface area contributed by atoms with Gasteiger partial charge in [0.25, 0.3) is 5.78 Å². The molecule has 3 heterocycles. The van der Waals surface area contributed by atoms with Crippen molar-refractivity contribution >= 4 is 11.6 Å². The third-order valence-electron chi connectivity index (χ3n) is 4.84. The van der Waals surface area contributed by atoms with Crippen LogP contribution in [-0.2, 0) is 6.42 Å². The first kappa shape index (κ1) is 15.0. The van der Waals surface area contributed by atoms with Crippen LogP contribution in [0.15, 0.2) is 53.3 Å². The molecule has 0 saturated carbocycles. The molecular weight excluding hydrogens is 328 g/mol. The van der Waals surface area contributed by atoms with Crippen molar-refractivity contribution in [1.82, 2.24) is 19.6 Å². The summed E-state index contributed by atoms with van der Waals surface area (Å²) < 4.78 is 7.08. The molecule has 0 amide bonds. The van der Waals surface area contributed by atoms with E-state index in [2.05, 4.69) is 15.1 Å². The van der Waals surface area contributed by atoms with Gasteiger partial charge >= 0.3 is 0 Å². The van der Waals surface area contributed by atoms with Crippen molar-refractivity contribution in [2.75, 3.05) is 0 Å². The zero-order valence-electron chi connectivity index (χ0n) is 14.2. The molecule has 6 heteroatoms. The number of nitrogens with zero attached hydrogens (tertiary/aromatic N) is 4. The van der Waals surface area contributed by atoms with Gasteiger partial charge < -0.3 is 4.42 Å². The number of Topliss-reactive ketones (excluding diaryl/α,β-unsaturated/α-hetero) is 1. The molecular formula is C20H16N4O2. The molecule has 1 aromatic carbocycles. The summed E-state index contributed by atoms with van der Waals surface area (Å²) in [5.74, 6) is 2.03. The van der Waals surface area contributed by atoms with Gasteiger partial charge in [-0.3, -0.25) is 4.79 Å². The third kappa shape index (κ3) is 2.42. The van der Waals surface area contributed by atoms with Crippen LogP contribution in [0.25, 0.3) is 17.2 Å². The minimum atomic E-state index is 0.0273. The summed E-state index contributed by atoms with van der Waals surface area (Å²) in [6.07, 6.45) is 4.48. The first-order valence-corrected chi connectivity index (χ1v) is 8.57. The predicted molar refractivity (Wildman–Crippen MR) is 95.1 cm³/mol. The minimum Gasteiger partial charge on any atom is -0.469 e. The van der Waals surface area contributed by atoms with Crippen LogP contribution >= 0.6 is 0 Å². The molecule has 0 N–H and O–H groups in total. The van der Waals surface area contributed by atoms with Crippen molar-refractivity contribution in [1.29, 1.82) is 0 Å². The maximum atomic E-state index is 12.6. The third-order valence-corrected chi connectivity index (χ3v) is 4.84. The van der Waals surface area contributed by atoms with Crippen molar-refractivity contribution in [2.24, 2.45) is 0 Å². The minimum absolute atomic E-state index is 0.0273. The summed E-state index contributed by atoms with van der Waals surface area (Å²) in [5.41, 5.74) is 3.50. The molecule has 0 radical (unpaired) electrons. The first-order valence-electron chi connectivity index (χ1n) is 8.57. The molecule has 1 aliphatic carbocycles. The SMILES string of the molecule is Cc1ccc(-c2nc3nc4c(cn3n2)C(=O)C[C@@H](c2ccco2)C4)cc1. The van der Waals surface area contributed by atoms with Gasteiger partial charge in [0.1, 0.15) is 5.76 Å². The summed E-state index contributed by atoms with van der Waals surface area (Å²) >= 11 is 0. The summed E-state index contributed by atoms with van der Waals surface area (Å²) in [6, 6.07) is 11.8. The average molecular weight is 344 g/mol. The lowest BCUT2D eigenvalue weighted by atomic mass is 9.85. The maximum Gasteiger partial charge on any atom is 0.252 e. The van der Waals surface area contributed by atoms with Crippen LogP contribution in [0.5, 0.6) is 0 Å². The molecule has 0 bridgehead atoms. The molecule has 26 heavy (non-hydrogen) atoms. The van der Waals surface area contributed by atoms with Crippen LogP contribution in [-0.4, -0.2) is 25.4 Å². The van der Waals surface area contributed by atoms with E-state index in [0.717, 1.165) is 17.0 Å². The number of benzene rings is 1. The lowest BCUT2D eigenvalue weighted by Crippen LogP contribution is -2.21. The fourth-order valence-corrected chi connectivity index (χ4v) is 3.43. The molecule has 0 spiro atoms. The van der Waals surface area contributed by atoms with E-state index in [4.69, 9.17) is 4.42 Å². The zero-order chi connectivity index (χ0) is 17.7. The first-order chi connectivity index (χ1) is 12.7. The Morgan fingerprint density at radius 3 is 2.73 bits per heavy atom. The highest BCUT2D eigenvalue weighted by Crippen LogP contribution is 2.32. The Labute approximate surface area is 149 Å². The zero-order valence-corrected chi connectivity index (χ0v) is 14.2. The van der Waals surface area contributed by atoms with E-state index in [1.54, 1.807) is 17.0 Å². The second-order valence-corrected chi connectivity index (χ2v) is 6.69. The Bertz CT molecular complexity index is 1110. The monoisotopic (exact) mass is 344 g/mol. The highest BCUT2D eigenvalue weighted by atomic mass is 16.3. The number of rotatable bonds is 2. The summed E-state index contributed by atoms with van der Waals surface area (Å²) in [6.45, 7) is 2.04. The summed E-state index contributed by atoms with van der Waals surface area (Å²) in [7, 11) is 0. The van der Waals surface area contributed by atoms with Crippen molar-refractivity contribution in [2.45, 2.75) is 25.7 Å². The lowest BCUT2D eigenvalue weighted by molar-refractivity contribution is 0.0958. The van der Waals surface area contributed by atoms with Gasteiger partial charge in [0, 0.05) is 30.5 Å². The van der Waals surface area contributed by atoms with Crippen molar-refractivity contribution in [3.8, 4) is 11.4 Å².